The van der Waals surface area contributed by atoms with Crippen LogP contribution in [0.5, 0.6) is 0 Å². The lowest BCUT2D eigenvalue weighted by Gasteiger charge is -2.27. The normalized spacial score (nSPS) is 13.2. The van der Waals surface area contributed by atoms with Crippen molar-refractivity contribution in [1.82, 2.24) is 19.8 Å². The second kappa shape index (κ2) is 7.38. The van der Waals surface area contributed by atoms with Gasteiger partial charge in [0.05, 0.1) is 18.8 Å². The summed E-state index contributed by atoms with van der Waals surface area (Å²) in [5.41, 5.74) is 0.939. The Kier molecular flexibility index (Phi) is 5.01. The summed E-state index contributed by atoms with van der Waals surface area (Å²) in [6.07, 6.45) is 0.0723. The molecule has 1 N–H and O–H groups in total. The average Bonchev–Trinajstić information content (AvgIpc) is 3.00. The van der Waals surface area contributed by atoms with Gasteiger partial charge in [-0.25, -0.2) is 9.48 Å². The second-order valence-corrected chi connectivity index (χ2v) is 5.85. The molecule has 0 fully saturated rings. The van der Waals surface area contributed by atoms with E-state index in [4.69, 9.17) is 9.26 Å². The molecule has 10 nitrogen and oxygen atoms in total. The van der Waals surface area contributed by atoms with E-state index in [0.717, 1.165) is 4.68 Å². The van der Waals surface area contributed by atoms with E-state index in [1.807, 2.05) is 0 Å². The van der Waals surface area contributed by atoms with Gasteiger partial charge in [-0.15, -0.1) is 0 Å². The van der Waals surface area contributed by atoms with Crippen molar-refractivity contribution >= 4 is 17.8 Å². The van der Waals surface area contributed by atoms with Crippen LogP contribution in [0.15, 0.2) is 21.5 Å². The first-order valence-corrected chi connectivity index (χ1v) is 8.21. The third kappa shape index (κ3) is 3.90. The smallest absolute Gasteiger partial charge is 0.410 e. The molecule has 0 aromatic carbocycles. The zero-order chi connectivity index (χ0) is 18.7. The van der Waals surface area contributed by atoms with E-state index in [1.54, 1.807) is 19.9 Å². The quantitative estimate of drug-likeness (QED) is 0.851. The predicted octanol–water partition coefficient (Wildman–Crippen LogP) is 0.693. The van der Waals surface area contributed by atoms with Crippen LogP contribution in [0.4, 0.5) is 10.6 Å². The largest absolute Gasteiger partial charge is 0.450 e. The zero-order valence-corrected chi connectivity index (χ0v) is 14.5. The minimum Gasteiger partial charge on any atom is -0.450 e. The first kappa shape index (κ1) is 17.6. The van der Waals surface area contributed by atoms with Crippen LogP contribution in [-0.2, 0) is 29.0 Å². The van der Waals surface area contributed by atoms with Crippen LogP contribution in [0.1, 0.15) is 23.9 Å². The van der Waals surface area contributed by atoms with Gasteiger partial charge >= 0.3 is 6.09 Å². The Labute approximate surface area is 148 Å². The molecule has 2 aromatic rings. The van der Waals surface area contributed by atoms with E-state index in [0.29, 0.717) is 36.6 Å². The van der Waals surface area contributed by atoms with Gasteiger partial charge < -0.3 is 19.5 Å². The summed E-state index contributed by atoms with van der Waals surface area (Å²) in [7, 11) is 0. The third-order valence-corrected chi connectivity index (χ3v) is 3.86. The Morgan fingerprint density at radius 3 is 2.88 bits per heavy atom. The summed E-state index contributed by atoms with van der Waals surface area (Å²) in [4.78, 5) is 37.6. The van der Waals surface area contributed by atoms with Gasteiger partial charge in [0, 0.05) is 30.7 Å². The van der Waals surface area contributed by atoms with Crippen molar-refractivity contribution in [2.75, 3.05) is 18.5 Å². The first-order chi connectivity index (χ1) is 12.5. The van der Waals surface area contributed by atoms with Gasteiger partial charge in [-0.1, -0.05) is 5.16 Å². The number of hydrogen-bond acceptors (Lipinski definition) is 7. The number of nitrogens with one attached hydrogen (secondary N) is 1. The van der Waals surface area contributed by atoms with Crippen LogP contribution in [0.2, 0.25) is 0 Å². The molecule has 3 heterocycles. The van der Waals surface area contributed by atoms with Crippen molar-refractivity contribution in [2.24, 2.45) is 0 Å². The summed E-state index contributed by atoms with van der Waals surface area (Å²) < 4.78 is 10.9. The van der Waals surface area contributed by atoms with Crippen molar-refractivity contribution in [1.29, 1.82) is 0 Å². The highest BCUT2D eigenvalue weighted by Gasteiger charge is 2.24. The first-order valence-electron chi connectivity index (χ1n) is 8.21. The van der Waals surface area contributed by atoms with E-state index in [1.165, 1.54) is 11.0 Å². The number of fused-ring (bicyclic) bond motifs is 1. The number of carbonyl (C=O) groups excluding carboxylic acids is 2. The molecule has 1 aliphatic rings. The Bertz CT molecular complexity index is 887. The van der Waals surface area contributed by atoms with Crippen molar-refractivity contribution in [3.63, 3.8) is 0 Å². The molecule has 0 spiro atoms. The molecule has 0 bridgehead atoms. The molecule has 2 aromatic heterocycles. The lowest BCUT2D eigenvalue weighted by molar-refractivity contribution is -0.117. The number of rotatable bonds is 4. The van der Waals surface area contributed by atoms with Gasteiger partial charge in [0.15, 0.2) is 5.82 Å². The van der Waals surface area contributed by atoms with Gasteiger partial charge in [-0.05, 0) is 13.8 Å². The minimum absolute atomic E-state index is 0.236. The van der Waals surface area contributed by atoms with Crippen molar-refractivity contribution in [3.8, 4) is 0 Å². The molecule has 0 radical (unpaired) electrons. The van der Waals surface area contributed by atoms with Crippen LogP contribution >= 0.6 is 0 Å². The number of amides is 2. The highest BCUT2D eigenvalue weighted by Crippen LogP contribution is 2.16. The van der Waals surface area contributed by atoms with Gasteiger partial charge in [-0.3, -0.25) is 9.59 Å². The summed E-state index contributed by atoms with van der Waals surface area (Å²) in [5, 5.41) is 10.5. The molecule has 0 unspecified atom stereocenters. The molecular formula is C16H19N5O5. The highest BCUT2D eigenvalue weighted by molar-refractivity contribution is 5.89. The average molecular weight is 361 g/mol. The monoisotopic (exact) mass is 361 g/mol. The lowest BCUT2D eigenvalue weighted by Crippen LogP contribution is -2.39. The molecule has 0 aliphatic carbocycles. The second-order valence-electron chi connectivity index (χ2n) is 5.85. The van der Waals surface area contributed by atoms with Gasteiger partial charge in [0.2, 0.25) is 5.91 Å². The molecule has 3 rings (SSSR count). The Balaban J connectivity index is 1.70. The molecular weight excluding hydrogens is 342 g/mol. The number of aryl methyl sites for hydroxylation is 1. The van der Waals surface area contributed by atoms with Crippen molar-refractivity contribution in [2.45, 2.75) is 33.4 Å². The standard InChI is InChI=1S/C16H19N5O5/c1-3-25-16(24)20-5-4-12-11(8-20)7-15(23)21(18-12)9-14(22)17-13-6-10(2)26-19-13/h6-7H,3-5,8-9H2,1-2H3,(H,17,19,22). The van der Waals surface area contributed by atoms with Crippen molar-refractivity contribution < 1.29 is 18.8 Å². The molecule has 138 valence electrons. The Morgan fingerprint density at radius 1 is 1.38 bits per heavy atom. The molecule has 0 saturated carbocycles. The minimum atomic E-state index is -0.434. The Morgan fingerprint density at radius 2 is 2.19 bits per heavy atom. The van der Waals surface area contributed by atoms with E-state index < -0.39 is 17.6 Å². The number of ether oxygens (including phenoxy) is 1. The number of hydrogen-bond donors (Lipinski definition) is 1. The van der Waals surface area contributed by atoms with E-state index in [2.05, 4.69) is 15.6 Å². The molecule has 0 atom stereocenters. The number of anilines is 1. The predicted molar refractivity (Wildman–Crippen MR) is 89.5 cm³/mol. The van der Waals surface area contributed by atoms with E-state index in [-0.39, 0.29) is 18.9 Å². The third-order valence-electron chi connectivity index (χ3n) is 3.86. The van der Waals surface area contributed by atoms with Gasteiger partial charge in [0.1, 0.15) is 12.3 Å². The molecule has 2 amide bonds. The number of carbonyl (C=O) groups is 2. The van der Waals surface area contributed by atoms with Crippen molar-refractivity contribution in [3.05, 3.63) is 39.5 Å². The summed E-state index contributed by atoms with van der Waals surface area (Å²) in [5.74, 6) is 0.413. The SMILES string of the molecule is CCOC(=O)N1CCc2nn(CC(=O)Nc3cc(C)on3)c(=O)cc2C1. The van der Waals surface area contributed by atoms with Crippen LogP contribution in [0.25, 0.3) is 0 Å². The summed E-state index contributed by atoms with van der Waals surface area (Å²) in [6, 6.07) is 2.98. The molecule has 10 heteroatoms. The maximum Gasteiger partial charge on any atom is 0.410 e. The van der Waals surface area contributed by atoms with E-state index >= 15 is 0 Å². The topological polar surface area (TPSA) is 120 Å². The fourth-order valence-corrected chi connectivity index (χ4v) is 2.67. The van der Waals surface area contributed by atoms with Crippen LogP contribution < -0.4 is 10.9 Å². The van der Waals surface area contributed by atoms with Gasteiger partial charge in [-0.2, -0.15) is 5.10 Å². The summed E-state index contributed by atoms with van der Waals surface area (Å²) >= 11 is 0. The number of nitrogens with zero attached hydrogens (tertiary/aromatic N) is 4. The van der Waals surface area contributed by atoms with E-state index in [9.17, 15) is 14.4 Å². The fraction of sp³-hybridized carbons (Fsp3) is 0.438. The highest BCUT2D eigenvalue weighted by atomic mass is 16.6. The summed E-state index contributed by atoms with van der Waals surface area (Å²) in [6.45, 7) is 4.21. The van der Waals surface area contributed by atoms with Crippen LogP contribution in [0, 0.1) is 6.92 Å². The maximum absolute atomic E-state index is 12.2. The van der Waals surface area contributed by atoms with Gasteiger partial charge in [0.25, 0.3) is 5.56 Å². The van der Waals surface area contributed by atoms with Crippen LogP contribution in [-0.4, -0.2) is 45.0 Å². The number of aromatic nitrogens is 3. The molecule has 26 heavy (non-hydrogen) atoms. The zero-order valence-electron chi connectivity index (χ0n) is 14.5. The Hall–Kier alpha value is -3.17. The molecule has 0 saturated heterocycles. The maximum atomic E-state index is 12.2. The molecule has 1 aliphatic heterocycles. The van der Waals surface area contributed by atoms with Crippen LogP contribution in [0.3, 0.4) is 0 Å². The lowest BCUT2D eigenvalue weighted by atomic mass is 10.1. The fourth-order valence-electron chi connectivity index (χ4n) is 2.67.